The van der Waals surface area contributed by atoms with Crippen LogP contribution in [0.5, 0.6) is 5.75 Å². The van der Waals surface area contributed by atoms with E-state index in [0.29, 0.717) is 39.1 Å². The average molecular weight is 440 g/mol. The summed E-state index contributed by atoms with van der Waals surface area (Å²) in [5, 5.41) is 0. The van der Waals surface area contributed by atoms with Gasteiger partial charge in [-0.2, -0.15) is 0 Å². The molecular formula is C25H30FN3O3. The Morgan fingerprint density at radius 3 is 2.62 bits per heavy atom. The van der Waals surface area contributed by atoms with Gasteiger partial charge in [0, 0.05) is 39.3 Å². The monoisotopic (exact) mass is 439 g/mol. The van der Waals surface area contributed by atoms with E-state index in [9.17, 15) is 14.0 Å². The number of nitrogens with zero attached hydrogens (tertiary/aromatic N) is 3. The normalized spacial score (nSPS) is 19.8. The van der Waals surface area contributed by atoms with E-state index in [2.05, 4.69) is 4.90 Å². The van der Waals surface area contributed by atoms with Crippen LogP contribution in [0.1, 0.15) is 24.0 Å². The number of carbonyl (C=O) groups is 2. The first-order chi connectivity index (χ1) is 15.5. The summed E-state index contributed by atoms with van der Waals surface area (Å²) in [6.45, 7) is 4.06. The van der Waals surface area contributed by atoms with Crippen LogP contribution in [-0.4, -0.2) is 72.4 Å². The van der Waals surface area contributed by atoms with E-state index < -0.39 is 0 Å². The molecule has 2 aliphatic heterocycles. The molecular weight excluding hydrogens is 409 g/mol. The lowest BCUT2D eigenvalue weighted by atomic mass is 10.1. The van der Waals surface area contributed by atoms with Crippen molar-refractivity contribution in [3.63, 3.8) is 0 Å². The minimum absolute atomic E-state index is 0.107. The minimum atomic E-state index is -0.269. The zero-order chi connectivity index (χ0) is 22.5. The molecule has 2 heterocycles. The van der Waals surface area contributed by atoms with Gasteiger partial charge in [-0.3, -0.25) is 14.5 Å². The van der Waals surface area contributed by atoms with Crippen LogP contribution < -0.4 is 4.74 Å². The van der Waals surface area contributed by atoms with Crippen molar-refractivity contribution in [2.75, 3.05) is 39.8 Å². The van der Waals surface area contributed by atoms with Gasteiger partial charge in [0.1, 0.15) is 11.6 Å². The Labute approximate surface area is 188 Å². The van der Waals surface area contributed by atoms with Crippen molar-refractivity contribution >= 4 is 11.8 Å². The van der Waals surface area contributed by atoms with Crippen molar-refractivity contribution in [2.45, 2.75) is 31.8 Å². The lowest BCUT2D eigenvalue weighted by Gasteiger charge is -2.26. The lowest BCUT2D eigenvalue weighted by molar-refractivity contribution is -0.132. The Balaban J connectivity index is 1.31. The smallest absolute Gasteiger partial charge is 0.240 e. The Kier molecular flexibility index (Phi) is 7.05. The molecule has 170 valence electrons. The molecule has 2 aromatic rings. The SMILES string of the molecule is COc1cccc(CC(=O)N2CCCN([C@H]3CCN(Cc4ccc(F)cc4)C3=O)CC2)c1. The van der Waals surface area contributed by atoms with Crippen LogP contribution in [0, 0.1) is 5.82 Å². The molecule has 6 nitrogen and oxygen atoms in total. The molecule has 7 heteroatoms. The molecule has 2 saturated heterocycles. The molecule has 2 aliphatic rings. The zero-order valence-electron chi connectivity index (χ0n) is 18.5. The van der Waals surface area contributed by atoms with Crippen LogP contribution in [0.4, 0.5) is 4.39 Å². The number of amides is 2. The molecule has 0 aromatic heterocycles. The average Bonchev–Trinajstić information content (AvgIpc) is 3.00. The molecule has 0 saturated carbocycles. The van der Waals surface area contributed by atoms with Crippen LogP contribution in [0.3, 0.4) is 0 Å². The number of benzene rings is 2. The highest BCUT2D eigenvalue weighted by molar-refractivity contribution is 5.84. The Morgan fingerprint density at radius 2 is 1.84 bits per heavy atom. The van der Waals surface area contributed by atoms with Gasteiger partial charge in [0.05, 0.1) is 19.6 Å². The summed E-state index contributed by atoms with van der Waals surface area (Å²) in [4.78, 5) is 31.9. The molecule has 0 radical (unpaired) electrons. The molecule has 0 N–H and O–H groups in total. The van der Waals surface area contributed by atoms with Crippen LogP contribution >= 0.6 is 0 Å². The quantitative estimate of drug-likeness (QED) is 0.695. The minimum Gasteiger partial charge on any atom is -0.497 e. The summed E-state index contributed by atoms with van der Waals surface area (Å²) in [6, 6.07) is 13.8. The first-order valence-electron chi connectivity index (χ1n) is 11.2. The van der Waals surface area contributed by atoms with Crippen molar-refractivity contribution in [3.05, 3.63) is 65.5 Å². The fourth-order valence-electron chi connectivity index (χ4n) is 4.60. The number of rotatable bonds is 6. The number of halogens is 1. The van der Waals surface area contributed by atoms with Crippen LogP contribution in [0.2, 0.25) is 0 Å². The first-order valence-corrected chi connectivity index (χ1v) is 11.2. The van der Waals surface area contributed by atoms with Gasteiger partial charge in [-0.1, -0.05) is 24.3 Å². The third kappa shape index (κ3) is 5.27. The van der Waals surface area contributed by atoms with Crippen molar-refractivity contribution in [1.29, 1.82) is 0 Å². The van der Waals surface area contributed by atoms with Gasteiger partial charge in [-0.25, -0.2) is 4.39 Å². The van der Waals surface area contributed by atoms with E-state index in [-0.39, 0.29) is 23.7 Å². The standard InChI is InChI=1S/C25H30FN3O3/c1-32-22-5-2-4-20(16-22)17-24(30)28-12-3-11-27(14-15-28)23-10-13-29(25(23)31)18-19-6-8-21(26)9-7-19/h2,4-9,16,23H,3,10-15,17-18H2,1H3/t23-/m0/s1. The predicted molar refractivity (Wildman–Crippen MR) is 120 cm³/mol. The molecule has 32 heavy (non-hydrogen) atoms. The molecule has 0 spiro atoms. The van der Waals surface area contributed by atoms with Gasteiger partial charge in [0.15, 0.2) is 0 Å². The number of likely N-dealkylation sites (tertiary alicyclic amines) is 1. The number of ether oxygens (including phenoxy) is 1. The number of hydrogen-bond acceptors (Lipinski definition) is 4. The molecule has 2 aromatic carbocycles. The summed E-state index contributed by atoms with van der Waals surface area (Å²) < 4.78 is 18.4. The third-order valence-electron chi connectivity index (χ3n) is 6.37. The Bertz CT molecular complexity index is 950. The number of methoxy groups -OCH3 is 1. The molecule has 4 rings (SSSR count). The molecule has 2 amide bonds. The Morgan fingerprint density at radius 1 is 1.03 bits per heavy atom. The third-order valence-corrected chi connectivity index (χ3v) is 6.37. The molecule has 0 aliphatic carbocycles. The summed E-state index contributed by atoms with van der Waals surface area (Å²) in [5.41, 5.74) is 1.88. The van der Waals surface area contributed by atoms with E-state index in [1.165, 1.54) is 12.1 Å². The van der Waals surface area contributed by atoms with E-state index in [1.807, 2.05) is 34.1 Å². The molecule has 0 unspecified atom stereocenters. The summed E-state index contributed by atoms with van der Waals surface area (Å²) in [5.74, 6) is 0.720. The van der Waals surface area contributed by atoms with Gasteiger partial charge >= 0.3 is 0 Å². The van der Waals surface area contributed by atoms with E-state index >= 15 is 0 Å². The van der Waals surface area contributed by atoms with Crippen LogP contribution in [0.25, 0.3) is 0 Å². The summed E-state index contributed by atoms with van der Waals surface area (Å²) >= 11 is 0. The highest BCUT2D eigenvalue weighted by Gasteiger charge is 2.36. The predicted octanol–water partition coefficient (Wildman–Crippen LogP) is 2.71. The highest BCUT2D eigenvalue weighted by Crippen LogP contribution is 2.22. The fraction of sp³-hybridized carbons (Fsp3) is 0.440. The van der Waals surface area contributed by atoms with Crippen molar-refractivity contribution in [2.24, 2.45) is 0 Å². The first kappa shape index (κ1) is 22.3. The highest BCUT2D eigenvalue weighted by atomic mass is 19.1. The van der Waals surface area contributed by atoms with E-state index in [1.54, 1.807) is 19.2 Å². The van der Waals surface area contributed by atoms with E-state index in [4.69, 9.17) is 4.74 Å². The maximum atomic E-state index is 13.1. The van der Waals surface area contributed by atoms with Gasteiger partial charge in [0.2, 0.25) is 11.8 Å². The number of carbonyl (C=O) groups excluding carboxylic acids is 2. The van der Waals surface area contributed by atoms with Gasteiger partial charge < -0.3 is 14.5 Å². The van der Waals surface area contributed by atoms with Gasteiger partial charge in [-0.05, 0) is 48.2 Å². The zero-order valence-corrected chi connectivity index (χ0v) is 18.5. The Hall–Kier alpha value is -2.93. The lowest BCUT2D eigenvalue weighted by Crippen LogP contribution is -2.44. The topological polar surface area (TPSA) is 53.1 Å². The van der Waals surface area contributed by atoms with Crippen molar-refractivity contribution in [3.8, 4) is 5.75 Å². The summed E-state index contributed by atoms with van der Waals surface area (Å²) in [7, 11) is 1.62. The second-order valence-corrected chi connectivity index (χ2v) is 8.49. The van der Waals surface area contributed by atoms with Gasteiger partial charge in [-0.15, -0.1) is 0 Å². The second kappa shape index (κ2) is 10.1. The van der Waals surface area contributed by atoms with Crippen LogP contribution in [0.15, 0.2) is 48.5 Å². The largest absolute Gasteiger partial charge is 0.497 e. The van der Waals surface area contributed by atoms with Crippen LogP contribution in [-0.2, 0) is 22.6 Å². The van der Waals surface area contributed by atoms with Crippen molar-refractivity contribution in [1.82, 2.24) is 14.7 Å². The summed E-state index contributed by atoms with van der Waals surface area (Å²) in [6.07, 6.45) is 1.99. The molecule has 2 fully saturated rings. The van der Waals surface area contributed by atoms with E-state index in [0.717, 1.165) is 36.3 Å². The maximum absolute atomic E-state index is 13.1. The van der Waals surface area contributed by atoms with Crippen molar-refractivity contribution < 1.29 is 18.7 Å². The van der Waals surface area contributed by atoms with Gasteiger partial charge in [0.25, 0.3) is 0 Å². The molecule has 1 atom stereocenters. The maximum Gasteiger partial charge on any atom is 0.240 e. The second-order valence-electron chi connectivity index (χ2n) is 8.49. The molecule has 0 bridgehead atoms. The number of hydrogen-bond donors (Lipinski definition) is 0. The fourth-order valence-corrected chi connectivity index (χ4v) is 4.60.